The summed E-state index contributed by atoms with van der Waals surface area (Å²) in [5.74, 6) is 3.51. The molecule has 1 aliphatic carbocycles. The van der Waals surface area contributed by atoms with E-state index in [2.05, 4.69) is 5.87 Å². The largest absolute Gasteiger partial charge is 0.380 e. The number of rotatable bonds is 4. The Morgan fingerprint density at radius 2 is 1.55 bits per heavy atom. The Morgan fingerprint density at radius 3 is 2.15 bits per heavy atom. The van der Waals surface area contributed by atoms with Crippen molar-refractivity contribution < 1.29 is 18.9 Å². The molecule has 2 aromatic carbocycles. The molecule has 1 N–H and O–H groups in total. The van der Waals surface area contributed by atoms with Crippen molar-refractivity contribution in [3.8, 4) is 11.1 Å². The first-order valence-corrected chi connectivity index (χ1v) is 13.1. The van der Waals surface area contributed by atoms with Crippen LogP contribution in [0.5, 0.6) is 0 Å². The van der Waals surface area contributed by atoms with Crippen LogP contribution in [0.25, 0.3) is 22.0 Å². The van der Waals surface area contributed by atoms with E-state index in [4.69, 9.17) is 0 Å². The highest BCUT2D eigenvalue weighted by molar-refractivity contribution is 7.98. The zero-order valence-electron chi connectivity index (χ0n) is 18.6. The van der Waals surface area contributed by atoms with Gasteiger partial charge >= 0.3 is 0 Å². The van der Waals surface area contributed by atoms with Crippen LogP contribution in [-0.2, 0) is 14.5 Å². The predicted octanol–water partition coefficient (Wildman–Crippen LogP) is 2.23. The monoisotopic (exact) mass is 465 g/mol. The third-order valence-corrected chi connectivity index (χ3v) is 7.66. The van der Waals surface area contributed by atoms with E-state index in [9.17, 15) is 18.9 Å². The molecule has 172 valence electrons. The van der Waals surface area contributed by atoms with Gasteiger partial charge in [-0.25, -0.2) is 4.21 Å². The van der Waals surface area contributed by atoms with Crippen molar-refractivity contribution in [2.24, 2.45) is 0 Å². The molecule has 3 aromatic rings. The Morgan fingerprint density at radius 1 is 0.939 bits per heavy atom. The van der Waals surface area contributed by atoms with Crippen LogP contribution < -0.4 is 0 Å². The van der Waals surface area contributed by atoms with Gasteiger partial charge in [-0.1, -0.05) is 24.3 Å². The highest BCUT2D eigenvalue weighted by atomic mass is 32.2. The van der Waals surface area contributed by atoms with Crippen molar-refractivity contribution in [2.75, 3.05) is 32.4 Å². The summed E-state index contributed by atoms with van der Waals surface area (Å²) in [4.78, 5) is 28.7. The molecule has 33 heavy (non-hydrogen) atoms. The SMILES string of the molecule is C=S(C)(=O)n1ccc2ccc(-c3ccc(C(=O)N4CCN(C(=O)C5(O)CC5)CC4)cc3)cc21. The molecule has 1 atom stereocenters. The summed E-state index contributed by atoms with van der Waals surface area (Å²) >= 11 is 0. The second-order valence-corrected chi connectivity index (χ2v) is 11.4. The van der Waals surface area contributed by atoms with E-state index >= 15 is 0 Å². The van der Waals surface area contributed by atoms with E-state index in [1.165, 1.54) is 0 Å². The highest BCUT2D eigenvalue weighted by Crippen LogP contribution is 2.37. The molecule has 1 unspecified atom stereocenters. The fraction of sp³-hybridized carbons (Fsp3) is 0.320. The molecule has 2 heterocycles. The molecule has 2 aliphatic rings. The molecule has 0 bridgehead atoms. The average Bonchev–Trinajstić information content (AvgIpc) is 3.41. The van der Waals surface area contributed by atoms with Crippen LogP contribution in [0.15, 0.2) is 54.7 Å². The van der Waals surface area contributed by atoms with Crippen LogP contribution >= 0.6 is 0 Å². The van der Waals surface area contributed by atoms with Gasteiger partial charge in [0.1, 0.15) is 5.60 Å². The predicted molar refractivity (Wildman–Crippen MR) is 131 cm³/mol. The van der Waals surface area contributed by atoms with Crippen LogP contribution in [0.1, 0.15) is 23.2 Å². The Bertz CT molecular complexity index is 1350. The Balaban J connectivity index is 1.30. The van der Waals surface area contributed by atoms with E-state index in [0.717, 1.165) is 22.0 Å². The van der Waals surface area contributed by atoms with Crippen molar-refractivity contribution in [2.45, 2.75) is 18.4 Å². The van der Waals surface area contributed by atoms with E-state index in [1.54, 1.807) is 26.2 Å². The molecule has 0 radical (unpaired) electrons. The smallest absolute Gasteiger partial charge is 0.254 e. The zero-order valence-corrected chi connectivity index (χ0v) is 19.4. The van der Waals surface area contributed by atoms with Crippen LogP contribution in [0, 0.1) is 0 Å². The molecular weight excluding hydrogens is 438 g/mol. The lowest BCUT2D eigenvalue weighted by atomic mass is 10.0. The van der Waals surface area contributed by atoms with Gasteiger partial charge in [-0.15, -0.1) is 0 Å². The third kappa shape index (κ3) is 4.05. The number of hydrogen-bond donors (Lipinski definition) is 1. The normalized spacial score (nSPS) is 19.3. The molecular formula is C25H27N3O4S. The number of fused-ring (bicyclic) bond motifs is 1. The molecule has 2 amide bonds. The number of carbonyl (C=O) groups excluding carboxylic acids is 2. The van der Waals surface area contributed by atoms with Crippen molar-refractivity contribution >= 4 is 38.3 Å². The number of amides is 2. The van der Waals surface area contributed by atoms with Gasteiger partial charge in [0.2, 0.25) is 0 Å². The maximum absolute atomic E-state index is 13.0. The Labute approximate surface area is 193 Å². The van der Waals surface area contributed by atoms with Crippen LogP contribution in [0.2, 0.25) is 0 Å². The number of nitrogens with zero attached hydrogens (tertiary/aromatic N) is 3. The van der Waals surface area contributed by atoms with Gasteiger partial charge in [0, 0.05) is 59.3 Å². The number of aliphatic hydroxyl groups is 1. The van der Waals surface area contributed by atoms with Crippen molar-refractivity contribution in [3.05, 3.63) is 60.3 Å². The fourth-order valence-corrected chi connectivity index (χ4v) is 5.24. The maximum atomic E-state index is 13.0. The van der Waals surface area contributed by atoms with Gasteiger partial charge in [0.05, 0.1) is 5.52 Å². The molecule has 7 nitrogen and oxygen atoms in total. The summed E-state index contributed by atoms with van der Waals surface area (Å²) in [6, 6.07) is 15.4. The summed E-state index contributed by atoms with van der Waals surface area (Å²) in [7, 11) is -2.40. The van der Waals surface area contributed by atoms with E-state index < -0.39 is 15.3 Å². The quantitative estimate of drug-likeness (QED) is 0.599. The minimum atomic E-state index is -2.40. The topological polar surface area (TPSA) is 82.9 Å². The van der Waals surface area contributed by atoms with E-state index in [1.807, 2.05) is 48.5 Å². The number of aromatic nitrogens is 1. The zero-order chi connectivity index (χ0) is 23.4. The lowest BCUT2D eigenvalue weighted by Crippen LogP contribution is -2.53. The van der Waals surface area contributed by atoms with Crippen LogP contribution in [-0.4, -0.2) is 78.8 Å². The number of piperazine rings is 1. The van der Waals surface area contributed by atoms with E-state index in [0.29, 0.717) is 44.6 Å². The molecule has 1 aliphatic heterocycles. The molecule has 8 heteroatoms. The van der Waals surface area contributed by atoms with Crippen LogP contribution in [0.4, 0.5) is 0 Å². The highest BCUT2D eigenvalue weighted by Gasteiger charge is 2.50. The van der Waals surface area contributed by atoms with Gasteiger partial charge in [-0.2, -0.15) is 0 Å². The standard InChI is InChI=1S/C25H27N3O4S/c1-33(2,32)28-12-9-19-5-8-21(17-22(19)28)18-3-6-20(7-4-18)23(29)26-13-15-27(16-14-26)24(30)25(31)10-11-25/h3-9,12,17,31H,1,10-11,13-16H2,2H3. The first kappa shape index (κ1) is 21.7. The molecule has 2 fully saturated rings. The van der Waals surface area contributed by atoms with Crippen LogP contribution in [0.3, 0.4) is 0 Å². The van der Waals surface area contributed by atoms with Gasteiger partial charge < -0.3 is 14.9 Å². The molecule has 0 spiro atoms. The van der Waals surface area contributed by atoms with E-state index in [-0.39, 0.29) is 11.8 Å². The fourth-order valence-electron chi connectivity index (χ4n) is 4.35. The Hall–Kier alpha value is -3.10. The van der Waals surface area contributed by atoms with Gasteiger partial charge in [0.15, 0.2) is 0 Å². The summed E-state index contributed by atoms with van der Waals surface area (Å²) in [6.07, 6.45) is 4.47. The summed E-state index contributed by atoms with van der Waals surface area (Å²) in [5, 5.41) is 11.0. The van der Waals surface area contributed by atoms with Crippen molar-refractivity contribution in [3.63, 3.8) is 0 Å². The summed E-state index contributed by atoms with van der Waals surface area (Å²) in [6.45, 7) is 1.80. The minimum Gasteiger partial charge on any atom is -0.380 e. The van der Waals surface area contributed by atoms with Gasteiger partial charge in [0.25, 0.3) is 11.8 Å². The van der Waals surface area contributed by atoms with Gasteiger partial charge in [-0.05, 0) is 54.1 Å². The number of hydrogen-bond acceptors (Lipinski definition) is 4. The second-order valence-electron chi connectivity index (χ2n) is 9.07. The summed E-state index contributed by atoms with van der Waals surface area (Å²) < 4.78 is 14.2. The Kier molecular flexibility index (Phi) is 5.10. The third-order valence-electron chi connectivity index (χ3n) is 6.51. The molecule has 1 saturated heterocycles. The minimum absolute atomic E-state index is 0.0640. The lowest BCUT2D eigenvalue weighted by molar-refractivity contribution is -0.143. The molecule has 1 aromatic heterocycles. The maximum Gasteiger partial charge on any atom is 0.254 e. The van der Waals surface area contributed by atoms with Gasteiger partial charge in [-0.3, -0.25) is 13.6 Å². The first-order chi connectivity index (χ1) is 15.7. The number of benzene rings is 2. The van der Waals surface area contributed by atoms with Crippen molar-refractivity contribution in [1.82, 2.24) is 13.8 Å². The second kappa shape index (κ2) is 7.74. The molecule has 1 saturated carbocycles. The number of carbonyl (C=O) groups is 2. The lowest BCUT2D eigenvalue weighted by Gasteiger charge is -2.35. The van der Waals surface area contributed by atoms with Crippen molar-refractivity contribution in [1.29, 1.82) is 0 Å². The summed E-state index contributed by atoms with van der Waals surface area (Å²) in [5.41, 5.74) is 2.22. The average molecular weight is 466 g/mol. The molecule has 5 rings (SSSR count). The first-order valence-electron chi connectivity index (χ1n) is 11.0.